The number of hydrogen-bond acceptors (Lipinski definition) is 6. The summed E-state index contributed by atoms with van der Waals surface area (Å²) in [6, 6.07) is 10.2. The quantitative estimate of drug-likeness (QED) is 0.742. The second-order valence-corrected chi connectivity index (χ2v) is 7.59. The fourth-order valence-corrected chi connectivity index (χ4v) is 4.41. The third-order valence-electron chi connectivity index (χ3n) is 4.76. The zero-order valence-electron chi connectivity index (χ0n) is 14.4. The Bertz CT molecular complexity index is 915. The van der Waals surface area contributed by atoms with Crippen LogP contribution in [-0.2, 0) is 26.1 Å². The van der Waals surface area contributed by atoms with Crippen molar-refractivity contribution >= 4 is 17.6 Å². The van der Waals surface area contributed by atoms with Crippen LogP contribution in [0.5, 0.6) is 0 Å². The monoisotopic (exact) mass is 364 g/mol. The standard InChI is InChI=1S/C19H20N6S/c1-2-4-13(5-3-1)17-23-16-11-20-7-6-15(16)18(24-17)21-10-14-12-25-8-9-26-19(25)22-14/h1-5,12,20H,6-11H2,(H,21,23,24). The number of nitrogens with zero attached hydrogens (tertiary/aromatic N) is 4. The number of aromatic nitrogens is 4. The van der Waals surface area contributed by atoms with E-state index in [4.69, 9.17) is 15.0 Å². The first-order valence-electron chi connectivity index (χ1n) is 8.95. The van der Waals surface area contributed by atoms with Gasteiger partial charge < -0.3 is 15.2 Å². The molecule has 0 fully saturated rings. The molecule has 1 aromatic carbocycles. The largest absolute Gasteiger partial charge is 0.364 e. The van der Waals surface area contributed by atoms with Crippen LogP contribution >= 0.6 is 11.8 Å². The highest BCUT2D eigenvalue weighted by molar-refractivity contribution is 7.99. The fourth-order valence-electron chi connectivity index (χ4n) is 3.44. The van der Waals surface area contributed by atoms with Crippen molar-refractivity contribution in [1.29, 1.82) is 0 Å². The van der Waals surface area contributed by atoms with Crippen LogP contribution in [0.15, 0.2) is 41.7 Å². The lowest BCUT2D eigenvalue weighted by molar-refractivity contribution is 0.625. The van der Waals surface area contributed by atoms with Gasteiger partial charge in [0.25, 0.3) is 0 Å². The van der Waals surface area contributed by atoms with Crippen molar-refractivity contribution in [2.24, 2.45) is 0 Å². The van der Waals surface area contributed by atoms with Gasteiger partial charge in [-0.15, -0.1) is 0 Å². The predicted molar refractivity (Wildman–Crippen MR) is 103 cm³/mol. The Balaban J connectivity index is 1.46. The summed E-state index contributed by atoms with van der Waals surface area (Å²) in [7, 11) is 0. The van der Waals surface area contributed by atoms with E-state index in [2.05, 4.69) is 33.5 Å². The first-order chi connectivity index (χ1) is 12.9. The molecule has 0 saturated heterocycles. The van der Waals surface area contributed by atoms with E-state index in [-0.39, 0.29) is 0 Å². The number of imidazole rings is 1. The number of fused-ring (bicyclic) bond motifs is 2. The summed E-state index contributed by atoms with van der Waals surface area (Å²) in [6.07, 6.45) is 3.10. The van der Waals surface area contributed by atoms with Gasteiger partial charge in [-0.2, -0.15) is 0 Å². The molecule has 0 spiro atoms. The maximum Gasteiger partial charge on any atom is 0.168 e. The van der Waals surface area contributed by atoms with E-state index in [1.807, 2.05) is 30.0 Å². The molecule has 2 aliphatic rings. The van der Waals surface area contributed by atoms with Gasteiger partial charge in [-0.3, -0.25) is 0 Å². The Morgan fingerprint density at radius 1 is 1.15 bits per heavy atom. The molecular weight excluding hydrogens is 344 g/mol. The molecule has 4 heterocycles. The number of benzene rings is 1. The molecule has 0 unspecified atom stereocenters. The highest BCUT2D eigenvalue weighted by Gasteiger charge is 2.19. The van der Waals surface area contributed by atoms with Crippen LogP contribution in [0, 0.1) is 0 Å². The lowest BCUT2D eigenvalue weighted by Gasteiger charge is -2.20. The number of aryl methyl sites for hydroxylation is 1. The van der Waals surface area contributed by atoms with Gasteiger partial charge in [-0.25, -0.2) is 15.0 Å². The first-order valence-corrected chi connectivity index (χ1v) is 9.94. The third kappa shape index (κ3) is 2.97. The molecule has 2 aromatic heterocycles. The molecule has 3 aromatic rings. The highest BCUT2D eigenvalue weighted by atomic mass is 32.2. The highest BCUT2D eigenvalue weighted by Crippen LogP contribution is 2.27. The van der Waals surface area contributed by atoms with Gasteiger partial charge in [0.2, 0.25) is 0 Å². The normalized spacial score (nSPS) is 15.5. The first kappa shape index (κ1) is 15.8. The number of nitrogens with one attached hydrogen (secondary N) is 2. The van der Waals surface area contributed by atoms with E-state index in [0.29, 0.717) is 6.54 Å². The van der Waals surface area contributed by atoms with E-state index >= 15 is 0 Å². The Morgan fingerprint density at radius 3 is 2.96 bits per heavy atom. The smallest absolute Gasteiger partial charge is 0.168 e. The second kappa shape index (κ2) is 6.74. The van der Waals surface area contributed by atoms with Gasteiger partial charge in [0.15, 0.2) is 11.0 Å². The molecule has 6 nitrogen and oxygen atoms in total. The van der Waals surface area contributed by atoms with Crippen LogP contribution in [0.3, 0.4) is 0 Å². The van der Waals surface area contributed by atoms with Crippen molar-refractivity contribution in [1.82, 2.24) is 24.8 Å². The molecule has 0 aliphatic carbocycles. The van der Waals surface area contributed by atoms with E-state index in [0.717, 1.165) is 65.6 Å². The third-order valence-corrected chi connectivity index (χ3v) is 5.73. The second-order valence-electron chi connectivity index (χ2n) is 6.52. The minimum absolute atomic E-state index is 0.686. The molecule has 0 atom stereocenters. The van der Waals surface area contributed by atoms with Gasteiger partial charge in [-0.1, -0.05) is 42.1 Å². The van der Waals surface area contributed by atoms with Gasteiger partial charge >= 0.3 is 0 Å². The Kier molecular flexibility index (Phi) is 4.10. The number of anilines is 1. The molecule has 2 aliphatic heterocycles. The lowest BCUT2D eigenvalue weighted by atomic mass is 10.1. The van der Waals surface area contributed by atoms with Crippen LogP contribution in [0.25, 0.3) is 11.4 Å². The fraction of sp³-hybridized carbons (Fsp3) is 0.316. The van der Waals surface area contributed by atoms with Crippen molar-refractivity contribution in [3.05, 3.63) is 53.5 Å². The Hall–Kier alpha value is -2.38. The van der Waals surface area contributed by atoms with Crippen LogP contribution in [-0.4, -0.2) is 31.8 Å². The van der Waals surface area contributed by atoms with E-state index < -0.39 is 0 Å². The molecule has 132 valence electrons. The van der Waals surface area contributed by atoms with Crippen molar-refractivity contribution in [3.63, 3.8) is 0 Å². The van der Waals surface area contributed by atoms with Crippen molar-refractivity contribution in [2.75, 3.05) is 17.6 Å². The van der Waals surface area contributed by atoms with E-state index in [9.17, 15) is 0 Å². The predicted octanol–water partition coefficient (Wildman–Crippen LogP) is 2.70. The maximum atomic E-state index is 4.84. The average Bonchev–Trinajstić information content (AvgIpc) is 3.28. The number of hydrogen-bond donors (Lipinski definition) is 2. The lowest BCUT2D eigenvalue weighted by Crippen LogP contribution is -2.26. The molecular formula is C19H20N6S. The number of rotatable bonds is 4. The molecule has 7 heteroatoms. The van der Waals surface area contributed by atoms with Crippen LogP contribution in [0.2, 0.25) is 0 Å². The Labute approximate surface area is 156 Å². The van der Waals surface area contributed by atoms with Gasteiger partial charge in [-0.05, 0) is 13.0 Å². The average molecular weight is 364 g/mol. The van der Waals surface area contributed by atoms with Gasteiger partial charge in [0.1, 0.15) is 5.82 Å². The minimum Gasteiger partial charge on any atom is -0.364 e. The minimum atomic E-state index is 0.686. The van der Waals surface area contributed by atoms with E-state index in [1.165, 1.54) is 5.56 Å². The summed E-state index contributed by atoms with van der Waals surface area (Å²) in [5.41, 5.74) is 4.43. The van der Waals surface area contributed by atoms with Gasteiger partial charge in [0, 0.05) is 36.2 Å². The van der Waals surface area contributed by atoms with Crippen molar-refractivity contribution in [2.45, 2.75) is 31.2 Å². The van der Waals surface area contributed by atoms with Gasteiger partial charge in [0.05, 0.1) is 17.9 Å². The topological polar surface area (TPSA) is 67.7 Å². The molecule has 5 rings (SSSR count). The van der Waals surface area contributed by atoms with Crippen LogP contribution in [0.4, 0.5) is 5.82 Å². The summed E-state index contributed by atoms with van der Waals surface area (Å²) in [5.74, 6) is 2.85. The molecule has 0 amide bonds. The molecule has 2 N–H and O–H groups in total. The molecule has 0 saturated carbocycles. The van der Waals surface area contributed by atoms with Crippen molar-refractivity contribution < 1.29 is 0 Å². The molecule has 0 radical (unpaired) electrons. The zero-order chi connectivity index (χ0) is 17.3. The summed E-state index contributed by atoms with van der Waals surface area (Å²) < 4.78 is 2.23. The molecule has 0 bridgehead atoms. The molecule has 26 heavy (non-hydrogen) atoms. The van der Waals surface area contributed by atoms with E-state index in [1.54, 1.807) is 0 Å². The number of thioether (sulfide) groups is 1. The zero-order valence-corrected chi connectivity index (χ0v) is 15.2. The van der Waals surface area contributed by atoms with Crippen LogP contribution in [0.1, 0.15) is 17.0 Å². The Morgan fingerprint density at radius 2 is 2.08 bits per heavy atom. The maximum absolute atomic E-state index is 4.84. The van der Waals surface area contributed by atoms with Crippen LogP contribution < -0.4 is 10.6 Å². The summed E-state index contributed by atoms with van der Waals surface area (Å²) in [4.78, 5) is 14.4. The summed E-state index contributed by atoms with van der Waals surface area (Å²) in [5, 5.41) is 8.06. The van der Waals surface area contributed by atoms with Crippen molar-refractivity contribution in [3.8, 4) is 11.4 Å². The SMILES string of the molecule is c1ccc(-c2nc3c(c(NCc4cn5c(n4)SCC5)n2)CCNC3)cc1. The summed E-state index contributed by atoms with van der Waals surface area (Å²) >= 11 is 1.82. The summed E-state index contributed by atoms with van der Waals surface area (Å²) in [6.45, 7) is 3.50.